The van der Waals surface area contributed by atoms with Crippen molar-refractivity contribution < 1.29 is 14.7 Å². The Kier molecular flexibility index (Phi) is 5.32. The molecule has 1 unspecified atom stereocenters. The number of hydrogen-bond donors (Lipinski definition) is 1. The maximum Gasteiger partial charge on any atom is 0.256 e. The zero-order valence-corrected chi connectivity index (χ0v) is 16.4. The van der Waals surface area contributed by atoms with Gasteiger partial charge in [0, 0.05) is 31.2 Å². The summed E-state index contributed by atoms with van der Waals surface area (Å²) in [7, 11) is 0. The molecule has 0 aromatic heterocycles. The van der Waals surface area contributed by atoms with Gasteiger partial charge in [-0.3, -0.25) is 9.59 Å². The van der Waals surface area contributed by atoms with Gasteiger partial charge in [-0.25, -0.2) is 0 Å². The van der Waals surface area contributed by atoms with Crippen molar-refractivity contribution in [2.75, 3.05) is 19.6 Å². The maximum absolute atomic E-state index is 13.0. The van der Waals surface area contributed by atoms with Gasteiger partial charge in [0.05, 0.1) is 0 Å². The average molecular weight is 388 g/mol. The van der Waals surface area contributed by atoms with Gasteiger partial charge >= 0.3 is 0 Å². The molecule has 0 saturated carbocycles. The molecule has 1 aliphatic rings. The Hall–Kier alpha value is -3.18. The van der Waals surface area contributed by atoms with Gasteiger partial charge in [0.2, 0.25) is 0 Å². The van der Waals surface area contributed by atoms with Crippen molar-refractivity contribution in [1.82, 2.24) is 9.80 Å². The van der Waals surface area contributed by atoms with Crippen molar-refractivity contribution >= 4 is 22.6 Å². The normalized spacial score (nSPS) is 17.9. The number of piperazine rings is 1. The van der Waals surface area contributed by atoms with Crippen LogP contribution >= 0.6 is 0 Å². The third-order valence-electron chi connectivity index (χ3n) is 5.54. The third kappa shape index (κ3) is 3.87. The highest BCUT2D eigenvalue weighted by molar-refractivity contribution is 5.94. The van der Waals surface area contributed by atoms with E-state index in [-0.39, 0.29) is 17.9 Å². The van der Waals surface area contributed by atoms with Gasteiger partial charge in [-0.1, -0.05) is 54.6 Å². The molecule has 2 amide bonds. The number of hydrogen-bond acceptors (Lipinski definition) is 3. The molecule has 0 radical (unpaired) electrons. The fraction of sp³-hybridized carbons (Fsp3) is 0.250. The van der Waals surface area contributed by atoms with E-state index in [1.54, 1.807) is 28.0 Å². The number of fused-ring (bicyclic) bond motifs is 1. The minimum Gasteiger partial charge on any atom is -0.378 e. The van der Waals surface area contributed by atoms with Crippen LogP contribution in [-0.2, 0) is 4.79 Å². The fourth-order valence-electron chi connectivity index (χ4n) is 3.91. The summed E-state index contributed by atoms with van der Waals surface area (Å²) in [6.07, 6.45) is -1.21. The molecule has 0 bridgehead atoms. The first-order valence-corrected chi connectivity index (χ1v) is 9.86. The smallest absolute Gasteiger partial charge is 0.256 e. The first kappa shape index (κ1) is 19.2. The Morgan fingerprint density at radius 3 is 2.34 bits per heavy atom. The van der Waals surface area contributed by atoms with Crippen molar-refractivity contribution in [3.8, 4) is 0 Å². The summed E-state index contributed by atoms with van der Waals surface area (Å²) in [4.78, 5) is 29.1. The van der Waals surface area contributed by atoms with Gasteiger partial charge < -0.3 is 14.9 Å². The molecule has 0 aliphatic carbocycles. The van der Waals surface area contributed by atoms with Gasteiger partial charge in [-0.15, -0.1) is 0 Å². The van der Waals surface area contributed by atoms with Crippen molar-refractivity contribution in [2.24, 2.45) is 0 Å². The minimum atomic E-state index is -1.21. The summed E-state index contributed by atoms with van der Waals surface area (Å²) in [5.74, 6) is -0.348. The topological polar surface area (TPSA) is 60.9 Å². The van der Waals surface area contributed by atoms with Crippen LogP contribution in [0.5, 0.6) is 0 Å². The summed E-state index contributed by atoms with van der Waals surface area (Å²) in [5, 5.41) is 12.8. The number of benzene rings is 3. The fourth-order valence-corrected chi connectivity index (χ4v) is 3.91. The van der Waals surface area contributed by atoms with E-state index in [9.17, 15) is 14.7 Å². The van der Waals surface area contributed by atoms with Crippen LogP contribution in [0.3, 0.4) is 0 Å². The number of rotatable bonds is 3. The van der Waals surface area contributed by atoms with Crippen molar-refractivity contribution in [3.05, 3.63) is 83.9 Å². The Morgan fingerprint density at radius 2 is 1.62 bits per heavy atom. The summed E-state index contributed by atoms with van der Waals surface area (Å²) in [6.45, 7) is 3.22. The maximum atomic E-state index is 13.0. The molecule has 148 valence electrons. The molecule has 3 aromatic carbocycles. The Morgan fingerprint density at radius 1 is 0.931 bits per heavy atom. The molecule has 1 fully saturated rings. The van der Waals surface area contributed by atoms with Crippen molar-refractivity contribution in [3.63, 3.8) is 0 Å². The molecule has 29 heavy (non-hydrogen) atoms. The lowest BCUT2D eigenvalue weighted by atomic mass is 10.0. The molecular weight excluding hydrogens is 364 g/mol. The number of aliphatic hydroxyl groups excluding tert-OH is 1. The lowest BCUT2D eigenvalue weighted by molar-refractivity contribution is -0.144. The molecule has 1 saturated heterocycles. The number of carbonyl (C=O) groups is 2. The predicted molar refractivity (Wildman–Crippen MR) is 112 cm³/mol. The Balaban J connectivity index is 1.45. The van der Waals surface area contributed by atoms with E-state index < -0.39 is 6.10 Å². The number of aliphatic hydroxyl groups is 1. The second-order valence-electron chi connectivity index (χ2n) is 7.51. The van der Waals surface area contributed by atoms with Crippen LogP contribution in [0, 0.1) is 0 Å². The highest BCUT2D eigenvalue weighted by Crippen LogP contribution is 2.24. The summed E-state index contributed by atoms with van der Waals surface area (Å²) in [5.41, 5.74) is 1.24. The summed E-state index contributed by atoms with van der Waals surface area (Å²) >= 11 is 0. The minimum absolute atomic E-state index is 0.0281. The number of carbonyl (C=O) groups excluding carboxylic acids is 2. The van der Waals surface area contributed by atoms with Crippen LogP contribution in [0.4, 0.5) is 0 Å². The zero-order valence-electron chi connectivity index (χ0n) is 16.4. The molecule has 3 aromatic rings. The SMILES string of the molecule is C[C@@H]1CN(C(=O)c2ccccc2)CCN1C(=O)C(O)c1ccc2ccccc2c1. The standard InChI is InChI=1S/C24H24N2O3/c1-17-16-25(23(28)19-8-3-2-4-9-19)13-14-26(17)24(29)22(27)21-12-11-18-7-5-6-10-20(18)15-21/h2-12,15,17,22,27H,13-14,16H2,1H3/t17-,22?/m1/s1. The van der Waals surface area contributed by atoms with Gasteiger partial charge in [-0.05, 0) is 41.5 Å². The van der Waals surface area contributed by atoms with E-state index in [1.165, 1.54) is 0 Å². The summed E-state index contributed by atoms with van der Waals surface area (Å²) in [6, 6.07) is 22.4. The van der Waals surface area contributed by atoms with Crippen LogP contribution in [0.15, 0.2) is 72.8 Å². The second kappa shape index (κ2) is 8.05. The molecule has 5 heteroatoms. The molecule has 2 atom stereocenters. The molecular formula is C24H24N2O3. The predicted octanol–water partition coefficient (Wildman–Crippen LogP) is 3.25. The monoisotopic (exact) mass is 388 g/mol. The largest absolute Gasteiger partial charge is 0.378 e. The van der Waals surface area contributed by atoms with Crippen molar-refractivity contribution in [1.29, 1.82) is 0 Å². The third-order valence-corrected chi connectivity index (χ3v) is 5.54. The first-order chi connectivity index (χ1) is 14.0. The van der Waals surface area contributed by atoms with Crippen LogP contribution in [0.1, 0.15) is 28.9 Å². The molecule has 4 rings (SSSR count). The van der Waals surface area contributed by atoms with Gasteiger partial charge in [0.15, 0.2) is 6.10 Å². The van der Waals surface area contributed by atoms with E-state index in [4.69, 9.17) is 0 Å². The molecule has 1 heterocycles. The molecule has 5 nitrogen and oxygen atoms in total. The van der Waals surface area contributed by atoms with E-state index in [0.717, 1.165) is 10.8 Å². The van der Waals surface area contributed by atoms with Crippen LogP contribution < -0.4 is 0 Å². The number of nitrogens with zero attached hydrogens (tertiary/aromatic N) is 2. The lowest BCUT2D eigenvalue weighted by Crippen LogP contribution is -2.56. The second-order valence-corrected chi connectivity index (χ2v) is 7.51. The van der Waals surface area contributed by atoms with Gasteiger partial charge in [0.1, 0.15) is 0 Å². The van der Waals surface area contributed by atoms with Crippen LogP contribution in [-0.4, -0.2) is 52.4 Å². The molecule has 1 N–H and O–H groups in total. The van der Waals surface area contributed by atoms with E-state index in [0.29, 0.717) is 30.8 Å². The van der Waals surface area contributed by atoms with E-state index in [2.05, 4.69) is 0 Å². The highest BCUT2D eigenvalue weighted by atomic mass is 16.3. The van der Waals surface area contributed by atoms with Gasteiger partial charge in [0.25, 0.3) is 11.8 Å². The Bertz CT molecular complexity index is 1030. The van der Waals surface area contributed by atoms with Crippen LogP contribution in [0.2, 0.25) is 0 Å². The number of amides is 2. The molecule has 0 spiro atoms. The van der Waals surface area contributed by atoms with E-state index >= 15 is 0 Å². The van der Waals surface area contributed by atoms with Crippen LogP contribution in [0.25, 0.3) is 10.8 Å². The van der Waals surface area contributed by atoms with Crippen molar-refractivity contribution in [2.45, 2.75) is 19.1 Å². The van der Waals surface area contributed by atoms with E-state index in [1.807, 2.05) is 61.5 Å². The highest BCUT2D eigenvalue weighted by Gasteiger charge is 2.33. The summed E-state index contributed by atoms with van der Waals surface area (Å²) < 4.78 is 0. The van der Waals surface area contributed by atoms with Gasteiger partial charge in [-0.2, -0.15) is 0 Å². The first-order valence-electron chi connectivity index (χ1n) is 9.86. The quantitative estimate of drug-likeness (QED) is 0.749. The Labute approximate surface area is 170 Å². The lowest BCUT2D eigenvalue weighted by Gasteiger charge is -2.40. The zero-order chi connectivity index (χ0) is 20.4. The molecule has 1 aliphatic heterocycles. The average Bonchev–Trinajstić information content (AvgIpc) is 2.77.